The fourth-order valence-electron chi connectivity index (χ4n) is 3.46. The Morgan fingerprint density at radius 1 is 0.714 bits per heavy atom. The van der Waals surface area contributed by atoms with Crippen molar-refractivity contribution >= 4 is 45.1 Å². The van der Waals surface area contributed by atoms with Crippen LogP contribution in [0.5, 0.6) is 0 Å². The molecular weight excluding hydrogens is 395 g/mol. The molecule has 3 aromatic carbocycles. The number of furan rings is 1. The first-order valence-corrected chi connectivity index (χ1v) is 9.36. The van der Waals surface area contributed by atoms with Crippen molar-refractivity contribution in [2.45, 2.75) is 0 Å². The van der Waals surface area contributed by atoms with Gasteiger partial charge in [-0.1, -0.05) is 59.6 Å². The maximum Gasteiger partial charge on any atom is 0.336 e. The van der Waals surface area contributed by atoms with Gasteiger partial charge in [-0.05, 0) is 29.3 Å². The lowest BCUT2D eigenvalue weighted by Gasteiger charge is -2.07. The van der Waals surface area contributed by atoms with Crippen molar-refractivity contribution in [3.63, 3.8) is 0 Å². The van der Waals surface area contributed by atoms with Crippen molar-refractivity contribution in [2.75, 3.05) is 0 Å². The van der Waals surface area contributed by atoms with Gasteiger partial charge in [0.25, 0.3) is 0 Å². The highest BCUT2D eigenvalue weighted by atomic mass is 35.5. The van der Waals surface area contributed by atoms with E-state index < -0.39 is 5.63 Å². The third kappa shape index (κ3) is 2.80. The summed E-state index contributed by atoms with van der Waals surface area (Å²) < 4.78 is 11.2. The number of hydrogen-bond donors (Lipinski definition) is 0. The first-order chi connectivity index (χ1) is 13.6. The fraction of sp³-hybridized carbons (Fsp3) is 0. The Morgan fingerprint density at radius 2 is 1.50 bits per heavy atom. The second-order valence-corrected chi connectivity index (χ2v) is 7.31. The lowest BCUT2D eigenvalue weighted by Crippen LogP contribution is -1.98. The highest BCUT2D eigenvalue weighted by Gasteiger charge is 2.16. The molecule has 0 aliphatic carbocycles. The molecule has 0 saturated carbocycles. The summed E-state index contributed by atoms with van der Waals surface area (Å²) in [7, 11) is 0. The van der Waals surface area contributed by atoms with E-state index >= 15 is 0 Å². The smallest absolute Gasteiger partial charge is 0.336 e. The summed E-state index contributed by atoms with van der Waals surface area (Å²) in [4.78, 5) is 12.1. The van der Waals surface area contributed by atoms with Crippen molar-refractivity contribution in [1.82, 2.24) is 0 Å². The largest absolute Gasteiger partial charge is 0.464 e. The summed E-state index contributed by atoms with van der Waals surface area (Å²) >= 11 is 12.4. The van der Waals surface area contributed by atoms with Crippen LogP contribution < -0.4 is 5.63 Å². The molecule has 0 amide bonds. The molecule has 0 aliphatic rings. The van der Waals surface area contributed by atoms with Crippen molar-refractivity contribution in [3.8, 4) is 22.3 Å². The Bertz CT molecular complexity index is 1400. The predicted molar refractivity (Wildman–Crippen MR) is 113 cm³/mol. The monoisotopic (exact) mass is 406 g/mol. The summed E-state index contributed by atoms with van der Waals surface area (Å²) in [5, 5.41) is 2.81. The van der Waals surface area contributed by atoms with Crippen LogP contribution in [-0.4, -0.2) is 0 Å². The van der Waals surface area contributed by atoms with Crippen LogP contribution in [0.25, 0.3) is 44.2 Å². The van der Waals surface area contributed by atoms with Gasteiger partial charge in [-0.25, -0.2) is 4.79 Å². The van der Waals surface area contributed by atoms with Gasteiger partial charge in [-0.15, -0.1) is 0 Å². The van der Waals surface area contributed by atoms with E-state index in [1.54, 1.807) is 24.5 Å². The van der Waals surface area contributed by atoms with Gasteiger partial charge < -0.3 is 8.83 Å². The Kier molecular flexibility index (Phi) is 4.00. The Morgan fingerprint density at radius 3 is 2.29 bits per heavy atom. The third-order valence-corrected chi connectivity index (χ3v) is 5.29. The minimum atomic E-state index is -0.404. The normalized spacial score (nSPS) is 11.4. The molecule has 0 aliphatic heterocycles. The average molecular weight is 407 g/mol. The molecule has 0 fully saturated rings. The Hall–Kier alpha value is -3.01. The molecule has 28 heavy (non-hydrogen) atoms. The number of hydrogen-bond acceptors (Lipinski definition) is 3. The van der Waals surface area contributed by atoms with Crippen LogP contribution in [0, 0.1) is 0 Å². The summed E-state index contributed by atoms with van der Waals surface area (Å²) in [6.07, 6.45) is 1.65. The molecule has 3 nitrogen and oxygen atoms in total. The fourth-order valence-corrected chi connectivity index (χ4v) is 3.97. The van der Waals surface area contributed by atoms with Crippen LogP contribution in [-0.2, 0) is 0 Å². The standard InChI is InChI=1S/C23H12Cl2O3/c24-14-6-7-15(20(25)8-14)19-12-27-21-11-22-17(9-18(19)21)16(10-23(26)28-22)13-4-2-1-3-5-13/h1-12H. The quantitative estimate of drug-likeness (QED) is 0.291. The SMILES string of the molecule is O=c1cc(-c2ccccc2)c2cc3c(-c4ccc(Cl)cc4Cl)coc3cc2o1. The number of benzene rings is 3. The number of fused-ring (bicyclic) bond motifs is 2. The summed E-state index contributed by atoms with van der Waals surface area (Å²) in [6.45, 7) is 0. The van der Waals surface area contributed by atoms with Gasteiger partial charge in [0.15, 0.2) is 0 Å². The lowest BCUT2D eigenvalue weighted by atomic mass is 9.98. The molecule has 2 aromatic heterocycles. The topological polar surface area (TPSA) is 43.4 Å². The maximum absolute atomic E-state index is 12.1. The molecule has 5 rings (SSSR count). The molecule has 5 heteroatoms. The number of rotatable bonds is 2. The maximum atomic E-state index is 12.1. The first-order valence-electron chi connectivity index (χ1n) is 8.60. The van der Waals surface area contributed by atoms with E-state index in [4.69, 9.17) is 32.0 Å². The van der Waals surface area contributed by atoms with Crippen LogP contribution in [0.3, 0.4) is 0 Å². The van der Waals surface area contributed by atoms with Gasteiger partial charge >= 0.3 is 5.63 Å². The van der Waals surface area contributed by atoms with E-state index in [9.17, 15) is 4.79 Å². The third-order valence-electron chi connectivity index (χ3n) is 4.74. The van der Waals surface area contributed by atoms with E-state index in [0.29, 0.717) is 21.2 Å². The van der Waals surface area contributed by atoms with E-state index in [1.165, 1.54) is 6.07 Å². The van der Waals surface area contributed by atoms with Crippen molar-refractivity contribution in [2.24, 2.45) is 0 Å². The van der Waals surface area contributed by atoms with E-state index in [0.717, 1.165) is 33.0 Å². The van der Waals surface area contributed by atoms with Gasteiger partial charge in [0.2, 0.25) is 0 Å². The van der Waals surface area contributed by atoms with Crippen LogP contribution in [0.2, 0.25) is 10.0 Å². The van der Waals surface area contributed by atoms with Gasteiger partial charge in [-0.3, -0.25) is 0 Å². The Balaban J connectivity index is 1.83. The van der Waals surface area contributed by atoms with E-state index in [1.807, 2.05) is 42.5 Å². The zero-order valence-corrected chi connectivity index (χ0v) is 15.9. The predicted octanol–water partition coefficient (Wildman–Crippen LogP) is 7.18. The molecule has 0 N–H and O–H groups in total. The molecule has 0 spiro atoms. The van der Waals surface area contributed by atoms with Gasteiger partial charge in [0.05, 0.1) is 11.3 Å². The number of halogens is 2. The molecule has 0 unspecified atom stereocenters. The van der Waals surface area contributed by atoms with Crippen molar-refractivity contribution in [1.29, 1.82) is 0 Å². The highest BCUT2D eigenvalue weighted by molar-refractivity contribution is 6.36. The first kappa shape index (κ1) is 17.1. The molecule has 2 heterocycles. The van der Waals surface area contributed by atoms with Crippen LogP contribution in [0.4, 0.5) is 0 Å². The Labute approximate surface area is 169 Å². The molecule has 0 bridgehead atoms. The highest BCUT2D eigenvalue weighted by Crippen LogP contribution is 2.39. The molecule has 0 saturated heterocycles. The minimum Gasteiger partial charge on any atom is -0.464 e. The minimum absolute atomic E-state index is 0.404. The molecule has 0 radical (unpaired) electrons. The average Bonchev–Trinajstić information content (AvgIpc) is 3.09. The molecule has 136 valence electrons. The summed E-state index contributed by atoms with van der Waals surface area (Å²) in [5.41, 5.74) is 4.10. The second-order valence-electron chi connectivity index (χ2n) is 6.46. The second kappa shape index (κ2) is 6.55. The lowest BCUT2D eigenvalue weighted by molar-refractivity contribution is 0.559. The van der Waals surface area contributed by atoms with Crippen LogP contribution in [0.1, 0.15) is 0 Å². The van der Waals surface area contributed by atoms with Gasteiger partial charge in [0.1, 0.15) is 11.2 Å². The van der Waals surface area contributed by atoms with Gasteiger partial charge in [0, 0.05) is 39.1 Å². The van der Waals surface area contributed by atoms with Crippen molar-refractivity contribution in [3.05, 3.63) is 93.5 Å². The van der Waals surface area contributed by atoms with Crippen LogP contribution >= 0.6 is 23.2 Å². The van der Waals surface area contributed by atoms with Crippen molar-refractivity contribution < 1.29 is 8.83 Å². The van der Waals surface area contributed by atoms with Crippen LogP contribution in [0.15, 0.2) is 86.6 Å². The molecule has 0 atom stereocenters. The zero-order chi connectivity index (χ0) is 19.3. The molecular formula is C23H12Cl2O3. The van der Waals surface area contributed by atoms with E-state index in [2.05, 4.69) is 0 Å². The summed E-state index contributed by atoms with van der Waals surface area (Å²) in [5.74, 6) is 0. The van der Waals surface area contributed by atoms with E-state index in [-0.39, 0.29) is 0 Å². The molecule has 5 aromatic rings. The zero-order valence-electron chi connectivity index (χ0n) is 14.4. The summed E-state index contributed by atoms with van der Waals surface area (Å²) in [6, 6.07) is 20.3. The van der Waals surface area contributed by atoms with Gasteiger partial charge in [-0.2, -0.15) is 0 Å².